The van der Waals surface area contributed by atoms with Crippen molar-refractivity contribution in [2.45, 2.75) is 82.3 Å². The molecule has 0 radical (unpaired) electrons. The Kier molecular flexibility index (Phi) is 7.15. The van der Waals surface area contributed by atoms with Crippen molar-refractivity contribution in [3.63, 3.8) is 0 Å². The van der Waals surface area contributed by atoms with Crippen molar-refractivity contribution in [2.75, 3.05) is 11.4 Å². The average Bonchev–Trinajstić information content (AvgIpc) is 3.62. The van der Waals surface area contributed by atoms with Gasteiger partial charge in [0, 0.05) is 60.2 Å². The predicted molar refractivity (Wildman–Crippen MR) is 162 cm³/mol. The minimum absolute atomic E-state index is 0.0159. The lowest BCUT2D eigenvalue weighted by molar-refractivity contribution is -0.124. The molecule has 3 aliphatic rings. The molecule has 41 heavy (non-hydrogen) atoms. The number of hydrogen-bond acceptors (Lipinski definition) is 4. The Balaban J connectivity index is 1.09. The minimum Gasteiger partial charge on any atom is -0.393 e. The lowest BCUT2D eigenvalue weighted by atomic mass is 9.79. The van der Waals surface area contributed by atoms with E-state index in [2.05, 4.69) is 75.1 Å². The fourth-order valence-electron chi connectivity index (χ4n) is 7.05. The molecule has 7 nitrogen and oxygen atoms in total. The van der Waals surface area contributed by atoms with Gasteiger partial charge in [-0.2, -0.15) is 5.10 Å². The van der Waals surface area contributed by atoms with Crippen molar-refractivity contribution in [3.05, 3.63) is 66.9 Å². The summed E-state index contributed by atoms with van der Waals surface area (Å²) in [6.45, 7) is 0.751. The Bertz CT molecular complexity index is 1520. The van der Waals surface area contributed by atoms with E-state index in [1.54, 1.807) is 0 Å². The van der Waals surface area contributed by atoms with E-state index in [0.29, 0.717) is 30.7 Å². The molecule has 0 atom stereocenters. The molecule has 0 spiro atoms. The third-order valence-corrected chi connectivity index (χ3v) is 9.82. The first-order valence-electron chi connectivity index (χ1n) is 15.6. The number of amides is 1. The van der Waals surface area contributed by atoms with Crippen molar-refractivity contribution in [3.8, 4) is 11.1 Å². The number of aromatic nitrogens is 4. The molecule has 3 aromatic heterocycles. The Hall–Kier alpha value is -3.45. The molecular formula is C34H41N5O2. The highest BCUT2D eigenvalue weighted by molar-refractivity contribution is 5.95. The molecule has 3 heterocycles. The smallest absolute Gasteiger partial charge is 0.230 e. The largest absolute Gasteiger partial charge is 0.393 e. The zero-order chi connectivity index (χ0) is 27.9. The van der Waals surface area contributed by atoms with Crippen molar-refractivity contribution in [1.82, 2.24) is 19.3 Å². The van der Waals surface area contributed by atoms with Crippen LogP contribution in [0.3, 0.4) is 0 Å². The molecule has 1 amide bonds. The van der Waals surface area contributed by atoms with Crippen molar-refractivity contribution in [1.29, 1.82) is 0 Å². The quantitative estimate of drug-likeness (QED) is 0.280. The Labute approximate surface area is 242 Å². The first kappa shape index (κ1) is 26.4. The van der Waals surface area contributed by atoms with E-state index in [-0.39, 0.29) is 17.9 Å². The van der Waals surface area contributed by atoms with Crippen LogP contribution in [0.4, 0.5) is 5.69 Å². The number of fused-ring (bicyclic) bond motifs is 1. The van der Waals surface area contributed by atoms with Crippen LogP contribution in [0.2, 0.25) is 0 Å². The number of benzene rings is 1. The molecule has 0 aliphatic heterocycles. The topological polar surface area (TPSA) is 76.2 Å². The Morgan fingerprint density at radius 1 is 0.951 bits per heavy atom. The van der Waals surface area contributed by atoms with Crippen LogP contribution in [0.5, 0.6) is 0 Å². The van der Waals surface area contributed by atoms with Gasteiger partial charge >= 0.3 is 0 Å². The average molecular weight is 552 g/mol. The fraction of sp³-hybridized carbons (Fsp3) is 0.500. The van der Waals surface area contributed by atoms with Gasteiger partial charge in [0.15, 0.2) is 0 Å². The van der Waals surface area contributed by atoms with Gasteiger partial charge < -0.3 is 14.6 Å². The first-order chi connectivity index (χ1) is 20.0. The summed E-state index contributed by atoms with van der Waals surface area (Å²) in [6.07, 6.45) is 17.7. The molecule has 3 saturated carbocycles. The van der Waals surface area contributed by atoms with Crippen molar-refractivity contribution in [2.24, 2.45) is 18.9 Å². The third kappa shape index (κ3) is 5.56. The minimum atomic E-state index is -0.266. The Morgan fingerprint density at radius 3 is 2.54 bits per heavy atom. The molecule has 0 bridgehead atoms. The SMILES string of the molecule is Cn1ccc2cc([C@H]3CC[C@H](CN(c4cccc(-c5cnn(C6CC6)c5)c4)C(=O)[C@H]4CC[C@H](O)CC4)CC3)ncc21. The molecular weight excluding hydrogens is 510 g/mol. The van der Waals surface area contributed by atoms with Gasteiger partial charge in [-0.1, -0.05) is 12.1 Å². The third-order valence-electron chi connectivity index (χ3n) is 9.82. The zero-order valence-corrected chi connectivity index (χ0v) is 24.0. The highest BCUT2D eigenvalue weighted by Gasteiger charge is 2.33. The maximum absolute atomic E-state index is 14.1. The molecule has 214 valence electrons. The zero-order valence-electron chi connectivity index (χ0n) is 24.0. The number of hydrogen-bond donors (Lipinski definition) is 1. The van der Waals surface area contributed by atoms with Gasteiger partial charge in [0.2, 0.25) is 5.91 Å². The van der Waals surface area contributed by atoms with E-state index in [1.807, 2.05) is 12.4 Å². The number of anilines is 1. The van der Waals surface area contributed by atoms with E-state index in [4.69, 9.17) is 4.98 Å². The second-order valence-electron chi connectivity index (χ2n) is 12.8. The van der Waals surface area contributed by atoms with Gasteiger partial charge in [-0.25, -0.2) is 0 Å². The van der Waals surface area contributed by atoms with Gasteiger partial charge in [0.25, 0.3) is 0 Å². The summed E-state index contributed by atoms with van der Waals surface area (Å²) in [6, 6.07) is 13.5. The van der Waals surface area contributed by atoms with Crippen LogP contribution >= 0.6 is 0 Å². The van der Waals surface area contributed by atoms with Gasteiger partial charge in [-0.3, -0.25) is 14.5 Å². The van der Waals surface area contributed by atoms with E-state index in [0.717, 1.165) is 61.9 Å². The second-order valence-corrected chi connectivity index (χ2v) is 12.8. The van der Waals surface area contributed by atoms with Crippen LogP contribution in [-0.4, -0.2) is 43.0 Å². The summed E-state index contributed by atoms with van der Waals surface area (Å²) in [7, 11) is 2.06. The number of aliphatic hydroxyl groups excluding tert-OH is 1. The van der Waals surface area contributed by atoms with Crippen molar-refractivity contribution >= 4 is 22.5 Å². The van der Waals surface area contributed by atoms with Gasteiger partial charge in [0.1, 0.15) is 0 Å². The summed E-state index contributed by atoms with van der Waals surface area (Å²) in [4.78, 5) is 21.0. The number of aliphatic hydroxyl groups is 1. The molecule has 7 rings (SSSR count). The van der Waals surface area contributed by atoms with Crippen LogP contribution in [0.25, 0.3) is 22.0 Å². The molecule has 4 aromatic rings. The second kappa shape index (κ2) is 11.1. The summed E-state index contributed by atoms with van der Waals surface area (Å²) in [5.74, 6) is 1.15. The van der Waals surface area contributed by atoms with E-state index in [1.165, 1.54) is 29.4 Å². The lowest BCUT2D eigenvalue weighted by Crippen LogP contribution is -2.41. The van der Waals surface area contributed by atoms with E-state index in [9.17, 15) is 9.90 Å². The summed E-state index contributed by atoms with van der Waals surface area (Å²) >= 11 is 0. The first-order valence-corrected chi connectivity index (χ1v) is 15.6. The molecule has 0 saturated heterocycles. The summed E-state index contributed by atoms with van der Waals surface area (Å²) in [5, 5.41) is 15.9. The Morgan fingerprint density at radius 2 is 1.76 bits per heavy atom. The van der Waals surface area contributed by atoms with Crippen LogP contribution < -0.4 is 4.90 Å². The van der Waals surface area contributed by atoms with Gasteiger partial charge in [-0.15, -0.1) is 0 Å². The van der Waals surface area contributed by atoms with Crippen LogP contribution in [0, 0.1) is 11.8 Å². The fourth-order valence-corrected chi connectivity index (χ4v) is 7.05. The standard InChI is InChI=1S/C34H41N5O2/c1-37-16-15-27-18-32(35-20-33(27)37)24-7-5-23(6-8-24)21-38(34(41)25-9-13-31(40)14-10-25)30-4-2-3-26(17-30)28-19-36-39(22-28)29-11-12-29/h2-4,15-20,22-25,29,31,40H,5-14,21H2,1H3/t23-,24-,25-,31-. The van der Waals surface area contributed by atoms with Crippen molar-refractivity contribution < 1.29 is 9.90 Å². The van der Waals surface area contributed by atoms with Crippen LogP contribution in [0.1, 0.15) is 81.9 Å². The molecule has 7 heteroatoms. The van der Waals surface area contributed by atoms with E-state index >= 15 is 0 Å². The molecule has 3 aliphatic carbocycles. The number of carbonyl (C=O) groups excluding carboxylic acids is 1. The molecule has 0 unspecified atom stereocenters. The number of pyridine rings is 1. The molecule has 1 N–H and O–H groups in total. The summed E-state index contributed by atoms with van der Waals surface area (Å²) in [5.41, 5.74) is 5.58. The number of carbonyl (C=O) groups is 1. The highest BCUT2D eigenvalue weighted by atomic mass is 16.3. The monoisotopic (exact) mass is 551 g/mol. The molecule has 1 aromatic carbocycles. The lowest BCUT2D eigenvalue weighted by Gasteiger charge is -2.35. The van der Waals surface area contributed by atoms with Crippen LogP contribution in [0.15, 0.2) is 61.2 Å². The van der Waals surface area contributed by atoms with Gasteiger partial charge in [0.05, 0.1) is 30.1 Å². The summed E-state index contributed by atoms with van der Waals surface area (Å²) < 4.78 is 4.21. The highest BCUT2D eigenvalue weighted by Crippen LogP contribution is 2.39. The number of rotatable bonds is 7. The van der Waals surface area contributed by atoms with E-state index < -0.39 is 0 Å². The number of aryl methyl sites for hydroxylation is 1. The molecule has 3 fully saturated rings. The van der Waals surface area contributed by atoms with Crippen LogP contribution in [-0.2, 0) is 11.8 Å². The normalized spacial score (nSPS) is 24.9. The number of nitrogens with zero attached hydrogens (tertiary/aromatic N) is 5. The predicted octanol–water partition coefficient (Wildman–Crippen LogP) is 6.63. The maximum atomic E-state index is 14.1. The van der Waals surface area contributed by atoms with Gasteiger partial charge in [-0.05, 0) is 100.0 Å². The maximum Gasteiger partial charge on any atom is 0.230 e.